The van der Waals surface area contributed by atoms with E-state index in [1.54, 1.807) is 9.58 Å². The Balaban J connectivity index is 1.50. The van der Waals surface area contributed by atoms with Gasteiger partial charge in [-0.25, -0.2) is 0 Å². The largest absolute Gasteiger partial charge is 0.143 e. The predicted molar refractivity (Wildman–Crippen MR) is 91.2 cm³/mol. The quantitative estimate of drug-likeness (QED) is 0.538. The van der Waals surface area contributed by atoms with Crippen molar-refractivity contribution >= 4 is 32.1 Å². The molecule has 2 saturated carbocycles. The van der Waals surface area contributed by atoms with Crippen LogP contribution in [0.1, 0.15) is 74.1 Å². The minimum absolute atomic E-state index is 0.763. The molecule has 0 amide bonds. The maximum Gasteiger partial charge on any atom is 0.0482 e. The number of aryl methyl sites for hydroxylation is 1. The highest BCUT2D eigenvalue weighted by atomic mass is 32.1. The highest BCUT2D eigenvalue weighted by Crippen LogP contribution is 2.52. The van der Waals surface area contributed by atoms with E-state index in [4.69, 9.17) is 0 Å². The van der Waals surface area contributed by atoms with E-state index in [1.165, 1.54) is 68.1 Å². The average Bonchev–Trinajstić information content (AvgIpc) is 3.04. The molecule has 2 heteroatoms. The minimum atomic E-state index is 0.763. The summed E-state index contributed by atoms with van der Waals surface area (Å²) in [4.78, 5) is 1.68. The molecule has 2 fully saturated rings. The van der Waals surface area contributed by atoms with Gasteiger partial charge in [0.05, 0.1) is 0 Å². The van der Waals surface area contributed by atoms with Crippen LogP contribution in [0.3, 0.4) is 0 Å². The van der Waals surface area contributed by atoms with Crippen molar-refractivity contribution in [3.8, 4) is 0 Å². The summed E-state index contributed by atoms with van der Waals surface area (Å²) < 4.78 is 3.09. The summed E-state index contributed by atoms with van der Waals surface area (Å²) >= 11 is 4.01. The molecule has 0 aromatic carbocycles. The van der Waals surface area contributed by atoms with Crippen LogP contribution >= 0.6 is 22.7 Å². The van der Waals surface area contributed by atoms with Gasteiger partial charge in [0, 0.05) is 14.3 Å². The Labute approximate surface area is 130 Å². The van der Waals surface area contributed by atoms with Crippen LogP contribution < -0.4 is 0 Å². The van der Waals surface area contributed by atoms with Crippen LogP contribution in [0, 0.1) is 12.3 Å². The van der Waals surface area contributed by atoms with Gasteiger partial charge in [0.15, 0.2) is 0 Å². The van der Waals surface area contributed by atoms with Crippen molar-refractivity contribution < 1.29 is 0 Å². The van der Waals surface area contributed by atoms with E-state index in [1.807, 2.05) is 11.3 Å². The molecule has 2 aromatic heterocycles. The van der Waals surface area contributed by atoms with E-state index in [9.17, 15) is 0 Å². The van der Waals surface area contributed by atoms with E-state index in [0.717, 1.165) is 11.3 Å². The third-order valence-electron chi connectivity index (χ3n) is 5.80. The molecule has 0 radical (unpaired) electrons. The molecule has 108 valence electrons. The van der Waals surface area contributed by atoms with Gasteiger partial charge in [-0.15, -0.1) is 22.7 Å². The van der Waals surface area contributed by atoms with E-state index in [-0.39, 0.29) is 0 Å². The second-order valence-corrected chi connectivity index (χ2v) is 9.09. The van der Waals surface area contributed by atoms with Crippen molar-refractivity contribution in [3.05, 3.63) is 21.9 Å². The summed E-state index contributed by atoms with van der Waals surface area (Å²) in [7, 11) is 0. The molecular weight excluding hydrogens is 280 g/mol. The summed E-state index contributed by atoms with van der Waals surface area (Å²) in [6.07, 6.45) is 13.4. The minimum Gasteiger partial charge on any atom is -0.143 e. The molecule has 0 nitrogen and oxygen atoms in total. The summed E-state index contributed by atoms with van der Waals surface area (Å²) in [5.41, 5.74) is 2.25. The normalized spacial score (nSPS) is 23.6. The van der Waals surface area contributed by atoms with E-state index in [2.05, 4.69) is 29.7 Å². The molecule has 0 aliphatic heterocycles. The van der Waals surface area contributed by atoms with Crippen LogP contribution in [0.2, 0.25) is 0 Å². The van der Waals surface area contributed by atoms with Crippen LogP contribution in [-0.4, -0.2) is 0 Å². The molecular formula is C18H24S2. The first-order chi connectivity index (χ1) is 9.76. The zero-order chi connectivity index (χ0) is 13.6. The molecule has 2 aliphatic rings. The number of fused-ring (bicyclic) bond motifs is 1. The predicted octanol–water partition coefficient (Wildman–Crippen LogP) is 6.88. The average molecular weight is 305 g/mol. The molecule has 1 spiro atoms. The van der Waals surface area contributed by atoms with Gasteiger partial charge >= 0.3 is 0 Å². The maximum absolute atomic E-state index is 2.50. The lowest BCUT2D eigenvalue weighted by molar-refractivity contribution is 0.115. The Morgan fingerprint density at radius 3 is 2.50 bits per heavy atom. The van der Waals surface area contributed by atoms with Gasteiger partial charge in [-0.2, -0.15) is 0 Å². The fourth-order valence-corrected chi connectivity index (χ4v) is 6.98. The van der Waals surface area contributed by atoms with Crippen molar-refractivity contribution in [1.82, 2.24) is 0 Å². The van der Waals surface area contributed by atoms with Gasteiger partial charge in [0.2, 0.25) is 0 Å². The first-order valence-corrected chi connectivity index (χ1v) is 9.93. The topological polar surface area (TPSA) is 0 Å². The Hall–Kier alpha value is -0.340. The molecule has 2 aliphatic carbocycles. The monoisotopic (exact) mass is 304 g/mol. The Morgan fingerprint density at radius 1 is 1.05 bits per heavy atom. The Bertz CT molecular complexity index is 588. The van der Waals surface area contributed by atoms with Gasteiger partial charge in [-0.1, -0.05) is 19.3 Å². The Morgan fingerprint density at radius 2 is 1.80 bits per heavy atom. The molecule has 0 bridgehead atoms. The van der Waals surface area contributed by atoms with Crippen LogP contribution in [0.25, 0.3) is 9.40 Å². The first kappa shape index (κ1) is 13.3. The van der Waals surface area contributed by atoms with Crippen LogP contribution in [-0.2, 0) is 0 Å². The van der Waals surface area contributed by atoms with Gasteiger partial charge in [-0.05, 0) is 73.8 Å². The van der Waals surface area contributed by atoms with E-state index in [0.29, 0.717) is 0 Å². The molecule has 4 rings (SSSR count). The molecule has 0 unspecified atom stereocenters. The molecule has 2 heterocycles. The number of hydrogen-bond acceptors (Lipinski definition) is 2. The van der Waals surface area contributed by atoms with Crippen molar-refractivity contribution in [2.75, 3.05) is 0 Å². The third kappa shape index (κ3) is 2.25. The second kappa shape index (κ2) is 5.14. The highest BCUT2D eigenvalue weighted by Gasteiger charge is 2.36. The van der Waals surface area contributed by atoms with Crippen LogP contribution in [0.5, 0.6) is 0 Å². The van der Waals surface area contributed by atoms with Crippen molar-refractivity contribution in [2.24, 2.45) is 5.41 Å². The molecule has 2 aromatic rings. The van der Waals surface area contributed by atoms with Gasteiger partial charge in [0.1, 0.15) is 0 Å². The molecule has 20 heavy (non-hydrogen) atoms. The standard InChI is InChI=1S/C18H24S2/c1-13-12-19-16-11-15(20-17(13)16)14-5-9-18(10-6-14)7-3-2-4-8-18/h11-12,14H,2-10H2,1H3. The molecule has 0 N–H and O–H groups in total. The zero-order valence-corrected chi connectivity index (χ0v) is 14.0. The molecule has 0 saturated heterocycles. The number of thiophene rings is 2. The van der Waals surface area contributed by atoms with Gasteiger partial charge in [0.25, 0.3) is 0 Å². The highest BCUT2D eigenvalue weighted by molar-refractivity contribution is 7.27. The summed E-state index contributed by atoms with van der Waals surface area (Å²) in [5, 5.41) is 2.31. The van der Waals surface area contributed by atoms with Crippen LogP contribution in [0.15, 0.2) is 11.4 Å². The summed E-state index contributed by atoms with van der Waals surface area (Å²) in [6.45, 7) is 2.26. The fourth-order valence-electron chi connectivity index (χ4n) is 4.48. The van der Waals surface area contributed by atoms with Crippen LogP contribution in [0.4, 0.5) is 0 Å². The lowest BCUT2D eigenvalue weighted by atomic mass is 9.63. The first-order valence-electron chi connectivity index (χ1n) is 8.23. The summed E-state index contributed by atoms with van der Waals surface area (Å²) in [5.74, 6) is 0.867. The Kier molecular flexibility index (Phi) is 3.42. The third-order valence-corrected chi connectivity index (χ3v) is 8.41. The number of rotatable bonds is 1. The smallest absolute Gasteiger partial charge is 0.0482 e. The van der Waals surface area contributed by atoms with Crippen molar-refractivity contribution in [2.45, 2.75) is 70.6 Å². The SMILES string of the molecule is Cc1csc2cc(C3CCC4(CCCCC4)CC3)sc12. The fraction of sp³-hybridized carbons (Fsp3) is 0.667. The van der Waals surface area contributed by atoms with Crippen molar-refractivity contribution in [1.29, 1.82) is 0 Å². The van der Waals surface area contributed by atoms with E-state index >= 15 is 0 Å². The second-order valence-electron chi connectivity index (χ2n) is 7.10. The van der Waals surface area contributed by atoms with Gasteiger partial charge in [-0.3, -0.25) is 0 Å². The summed E-state index contributed by atoms with van der Waals surface area (Å²) in [6, 6.07) is 2.50. The lowest BCUT2D eigenvalue weighted by Gasteiger charge is -2.43. The van der Waals surface area contributed by atoms with Crippen molar-refractivity contribution in [3.63, 3.8) is 0 Å². The lowest BCUT2D eigenvalue weighted by Crippen LogP contribution is -2.28. The zero-order valence-electron chi connectivity index (χ0n) is 12.4. The molecule has 0 atom stereocenters. The maximum atomic E-state index is 2.50. The number of hydrogen-bond donors (Lipinski definition) is 0. The van der Waals surface area contributed by atoms with E-state index < -0.39 is 0 Å². The van der Waals surface area contributed by atoms with Gasteiger partial charge < -0.3 is 0 Å².